The van der Waals surface area contributed by atoms with E-state index in [0.717, 1.165) is 12.1 Å². The molecular formula is C11H4F11IO. The third-order valence-corrected chi connectivity index (χ3v) is 3.48. The summed E-state index contributed by atoms with van der Waals surface area (Å²) in [7, 11) is 0. The van der Waals surface area contributed by atoms with Gasteiger partial charge in [-0.3, -0.25) is 0 Å². The molecule has 0 heterocycles. The second kappa shape index (κ2) is 6.05. The van der Waals surface area contributed by atoms with Crippen LogP contribution in [0.4, 0.5) is 48.3 Å². The lowest BCUT2D eigenvalue weighted by Gasteiger charge is -2.36. The summed E-state index contributed by atoms with van der Waals surface area (Å²) >= 11 is 1.26. The molecule has 24 heavy (non-hydrogen) atoms. The third-order valence-electron chi connectivity index (χ3n) is 2.59. The van der Waals surface area contributed by atoms with Gasteiger partial charge in [-0.1, -0.05) is 12.1 Å². The van der Waals surface area contributed by atoms with E-state index in [-0.39, 0.29) is 3.57 Å². The van der Waals surface area contributed by atoms with E-state index in [1.807, 2.05) is 0 Å². The number of hydrogen-bond acceptors (Lipinski definition) is 1. The van der Waals surface area contributed by atoms with Crippen molar-refractivity contribution in [3.8, 4) is 5.75 Å². The van der Waals surface area contributed by atoms with Crippen LogP contribution in [0.15, 0.2) is 24.3 Å². The van der Waals surface area contributed by atoms with Crippen molar-refractivity contribution in [3.05, 3.63) is 27.8 Å². The highest BCUT2D eigenvalue weighted by Gasteiger charge is 2.88. The molecule has 0 N–H and O–H groups in total. The van der Waals surface area contributed by atoms with Crippen molar-refractivity contribution in [2.75, 3.05) is 0 Å². The van der Waals surface area contributed by atoms with E-state index in [9.17, 15) is 48.3 Å². The zero-order valence-corrected chi connectivity index (χ0v) is 12.9. The molecule has 0 saturated heterocycles. The highest BCUT2D eigenvalue weighted by molar-refractivity contribution is 14.1. The summed E-state index contributed by atoms with van der Waals surface area (Å²) < 4.78 is 143. The Bertz CT molecular complexity index is 596. The minimum atomic E-state index is -7.48. The van der Waals surface area contributed by atoms with Gasteiger partial charge in [0.15, 0.2) is 0 Å². The fraction of sp³-hybridized carbons (Fsp3) is 0.455. The van der Waals surface area contributed by atoms with Gasteiger partial charge >= 0.3 is 30.1 Å². The van der Waals surface area contributed by atoms with Crippen LogP contribution in [0.25, 0.3) is 0 Å². The van der Waals surface area contributed by atoms with Gasteiger partial charge in [0.25, 0.3) is 0 Å². The highest BCUT2D eigenvalue weighted by Crippen LogP contribution is 2.57. The van der Waals surface area contributed by atoms with E-state index in [4.69, 9.17) is 0 Å². The van der Waals surface area contributed by atoms with Gasteiger partial charge in [-0.15, -0.1) is 0 Å². The smallest absolute Gasteiger partial charge is 0.427 e. The average molecular weight is 488 g/mol. The van der Waals surface area contributed by atoms with Crippen molar-refractivity contribution in [2.24, 2.45) is 0 Å². The van der Waals surface area contributed by atoms with Crippen LogP contribution in [0.5, 0.6) is 5.75 Å². The zero-order valence-electron chi connectivity index (χ0n) is 10.8. The number of halogens is 12. The maximum Gasteiger partial charge on any atom is 0.471 e. The first-order valence-corrected chi connectivity index (χ1v) is 6.58. The molecule has 0 spiro atoms. The number of hydrogen-bond donors (Lipinski definition) is 0. The molecule has 0 saturated carbocycles. The van der Waals surface area contributed by atoms with Gasteiger partial charge in [0.05, 0.1) is 3.57 Å². The second-order valence-corrected chi connectivity index (χ2v) is 5.43. The zero-order chi connectivity index (χ0) is 19.2. The van der Waals surface area contributed by atoms with Crippen molar-refractivity contribution in [1.29, 1.82) is 0 Å². The predicted molar refractivity (Wildman–Crippen MR) is 65.6 cm³/mol. The van der Waals surface area contributed by atoms with Crippen LogP contribution >= 0.6 is 22.6 Å². The second-order valence-electron chi connectivity index (χ2n) is 4.27. The molecule has 0 amide bonds. The first kappa shape index (κ1) is 21.0. The van der Waals surface area contributed by atoms with Crippen LogP contribution in [0.2, 0.25) is 0 Å². The maximum atomic E-state index is 13.3. The molecule has 0 fully saturated rings. The minimum absolute atomic E-state index is 0.309. The van der Waals surface area contributed by atoms with E-state index in [1.165, 1.54) is 28.7 Å². The minimum Gasteiger partial charge on any atom is -0.427 e. The molecule has 13 heteroatoms. The fourth-order valence-electron chi connectivity index (χ4n) is 1.29. The molecule has 0 bridgehead atoms. The van der Waals surface area contributed by atoms with Crippen LogP contribution in [-0.4, -0.2) is 30.1 Å². The highest BCUT2D eigenvalue weighted by atomic mass is 127. The SMILES string of the molecule is FC(F)(F)C(F)(F)C(F)(F)C(F)(F)C(F)(F)Oc1ccccc1I. The molecule has 1 aromatic carbocycles. The Balaban J connectivity index is 3.32. The van der Waals surface area contributed by atoms with Gasteiger partial charge in [-0.05, 0) is 34.7 Å². The van der Waals surface area contributed by atoms with Gasteiger partial charge < -0.3 is 4.74 Å². The molecular weight excluding hydrogens is 484 g/mol. The quantitative estimate of drug-likeness (QED) is 0.380. The number of rotatable bonds is 5. The van der Waals surface area contributed by atoms with Crippen LogP contribution in [-0.2, 0) is 0 Å². The van der Waals surface area contributed by atoms with Crippen molar-refractivity contribution in [1.82, 2.24) is 0 Å². The monoisotopic (exact) mass is 488 g/mol. The van der Waals surface area contributed by atoms with E-state index < -0.39 is 35.8 Å². The molecule has 0 atom stereocenters. The molecule has 1 rings (SSSR count). The topological polar surface area (TPSA) is 9.23 Å². The molecule has 0 aliphatic rings. The van der Waals surface area contributed by atoms with Crippen LogP contribution < -0.4 is 4.74 Å². The Morgan fingerprint density at radius 3 is 1.54 bits per heavy atom. The van der Waals surface area contributed by atoms with Crippen molar-refractivity contribution in [3.63, 3.8) is 0 Å². The lowest BCUT2D eigenvalue weighted by Crippen LogP contribution is -2.67. The molecule has 0 aromatic heterocycles. The van der Waals surface area contributed by atoms with Crippen molar-refractivity contribution >= 4 is 22.6 Å². The van der Waals surface area contributed by atoms with Gasteiger partial charge in [-0.25, -0.2) is 0 Å². The largest absolute Gasteiger partial charge is 0.471 e. The summed E-state index contributed by atoms with van der Waals surface area (Å²) in [5, 5.41) is 0. The Morgan fingerprint density at radius 2 is 1.12 bits per heavy atom. The summed E-state index contributed by atoms with van der Waals surface area (Å²) in [6.07, 6.45) is -13.6. The molecule has 1 nitrogen and oxygen atoms in total. The molecule has 0 unspecified atom stereocenters. The molecule has 138 valence electrons. The summed E-state index contributed by atoms with van der Waals surface area (Å²) in [5.41, 5.74) is 0. The molecule has 1 aromatic rings. The van der Waals surface area contributed by atoms with E-state index in [2.05, 4.69) is 4.74 Å². The average Bonchev–Trinajstić information content (AvgIpc) is 2.39. The third kappa shape index (κ3) is 3.22. The summed E-state index contributed by atoms with van der Waals surface area (Å²) in [6, 6.07) is 3.77. The lowest BCUT2D eigenvalue weighted by atomic mass is 10.0. The normalized spacial score (nSPS) is 14.7. The van der Waals surface area contributed by atoms with Gasteiger partial charge in [0.1, 0.15) is 5.75 Å². The van der Waals surface area contributed by atoms with E-state index in [0.29, 0.717) is 6.07 Å². The Kier molecular flexibility index (Phi) is 5.30. The van der Waals surface area contributed by atoms with Crippen molar-refractivity contribution in [2.45, 2.75) is 30.1 Å². The van der Waals surface area contributed by atoms with E-state index >= 15 is 0 Å². The van der Waals surface area contributed by atoms with Gasteiger partial charge in [0.2, 0.25) is 0 Å². The number of benzene rings is 1. The first-order valence-electron chi connectivity index (χ1n) is 5.50. The Morgan fingerprint density at radius 1 is 0.667 bits per heavy atom. The summed E-state index contributed by atoms with van der Waals surface area (Å²) in [6.45, 7) is 0. The summed E-state index contributed by atoms with van der Waals surface area (Å²) in [5.74, 6) is -23.2. The van der Waals surface area contributed by atoms with Crippen molar-refractivity contribution < 1.29 is 53.0 Å². The molecule has 0 aliphatic heterocycles. The molecule has 0 aliphatic carbocycles. The number of alkyl halides is 11. The van der Waals surface area contributed by atoms with Crippen LogP contribution in [0.1, 0.15) is 0 Å². The standard InChI is InChI=1S/C11H4F11IO/c12-7(13,8(14,15)10(18,19)20)9(16,17)11(21,22)24-6-4-2-1-3-5(6)23/h1-4H. The maximum absolute atomic E-state index is 13.3. The first-order chi connectivity index (χ1) is 10.5. The van der Waals surface area contributed by atoms with E-state index in [1.54, 1.807) is 0 Å². The van der Waals surface area contributed by atoms with Gasteiger partial charge in [0, 0.05) is 0 Å². The molecule has 0 radical (unpaired) electrons. The van der Waals surface area contributed by atoms with Crippen LogP contribution in [0.3, 0.4) is 0 Å². The number of para-hydroxylation sites is 1. The lowest BCUT2D eigenvalue weighted by molar-refractivity contribution is -0.445. The summed E-state index contributed by atoms with van der Waals surface area (Å²) in [4.78, 5) is 0. The van der Waals surface area contributed by atoms with Gasteiger partial charge in [-0.2, -0.15) is 48.3 Å². The number of ether oxygens (including phenoxy) is 1. The van der Waals surface area contributed by atoms with Crippen LogP contribution in [0, 0.1) is 3.57 Å². The fourth-order valence-corrected chi connectivity index (χ4v) is 1.79. The predicted octanol–water partition coefficient (Wildman–Crippen LogP) is 5.73. The Hall–Kier alpha value is -1.02. The Labute approximate surface area is 139 Å².